The fourth-order valence-electron chi connectivity index (χ4n) is 3.24. The Balaban J connectivity index is 1.69. The zero-order valence-electron chi connectivity index (χ0n) is 16.0. The second-order valence-corrected chi connectivity index (χ2v) is 7.52. The third-order valence-corrected chi connectivity index (χ3v) is 5.77. The summed E-state index contributed by atoms with van der Waals surface area (Å²) in [5, 5.41) is 0.894. The SMILES string of the molecule is COc1cc(OC)cc(C(=O)N2CCS/C2=C/c2nc3ccccc3n2C)c1. The molecule has 1 amide bonds. The smallest absolute Gasteiger partial charge is 0.258 e. The molecule has 2 aromatic carbocycles. The first-order valence-electron chi connectivity index (χ1n) is 8.91. The van der Waals surface area contributed by atoms with Crippen LogP contribution in [-0.2, 0) is 7.05 Å². The van der Waals surface area contributed by atoms with Crippen LogP contribution in [0.4, 0.5) is 0 Å². The minimum atomic E-state index is -0.0767. The molecule has 1 aliphatic heterocycles. The lowest BCUT2D eigenvalue weighted by Gasteiger charge is -2.18. The minimum absolute atomic E-state index is 0.0767. The number of fused-ring (bicyclic) bond motifs is 1. The molecule has 2 heterocycles. The fourth-order valence-corrected chi connectivity index (χ4v) is 4.24. The number of carbonyl (C=O) groups excluding carboxylic acids is 1. The normalized spacial score (nSPS) is 15.4. The van der Waals surface area contributed by atoms with Gasteiger partial charge < -0.3 is 18.9 Å². The molecule has 0 spiro atoms. The van der Waals surface area contributed by atoms with Crippen LogP contribution in [0.5, 0.6) is 11.5 Å². The van der Waals surface area contributed by atoms with Crippen molar-refractivity contribution in [3.63, 3.8) is 0 Å². The highest BCUT2D eigenvalue weighted by Gasteiger charge is 2.26. The molecule has 0 N–H and O–H groups in total. The van der Waals surface area contributed by atoms with Gasteiger partial charge in [-0.2, -0.15) is 0 Å². The van der Waals surface area contributed by atoms with Gasteiger partial charge in [0.2, 0.25) is 0 Å². The number of ether oxygens (including phenoxy) is 2. The Bertz CT molecular complexity index is 1050. The van der Waals surface area contributed by atoms with Crippen molar-refractivity contribution in [1.82, 2.24) is 14.5 Å². The third-order valence-electron chi connectivity index (χ3n) is 4.75. The van der Waals surface area contributed by atoms with E-state index in [1.807, 2.05) is 42.0 Å². The number of rotatable bonds is 4. The highest BCUT2D eigenvalue weighted by molar-refractivity contribution is 8.03. The lowest BCUT2D eigenvalue weighted by atomic mass is 10.1. The van der Waals surface area contributed by atoms with E-state index in [1.165, 1.54) is 0 Å². The van der Waals surface area contributed by atoms with Gasteiger partial charge in [0.1, 0.15) is 17.3 Å². The predicted octanol–water partition coefficient (Wildman–Crippen LogP) is 3.78. The van der Waals surface area contributed by atoms with Gasteiger partial charge >= 0.3 is 0 Å². The molecule has 1 fully saturated rings. The molecule has 0 atom stereocenters. The van der Waals surface area contributed by atoms with E-state index < -0.39 is 0 Å². The van der Waals surface area contributed by atoms with Gasteiger partial charge in [-0.15, -0.1) is 11.8 Å². The number of imidazole rings is 1. The van der Waals surface area contributed by atoms with Gasteiger partial charge in [-0.1, -0.05) is 12.1 Å². The van der Waals surface area contributed by atoms with Crippen LogP contribution in [0.25, 0.3) is 17.1 Å². The molecule has 0 aliphatic carbocycles. The van der Waals surface area contributed by atoms with E-state index in [0.29, 0.717) is 23.6 Å². The number of para-hydroxylation sites is 2. The topological polar surface area (TPSA) is 56.6 Å². The lowest BCUT2D eigenvalue weighted by Crippen LogP contribution is -2.26. The van der Waals surface area contributed by atoms with Gasteiger partial charge in [-0.3, -0.25) is 4.79 Å². The molecule has 4 rings (SSSR count). The molecule has 0 radical (unpaired) electrons. The summed E-state index contributed by atoms with van der Waals surface area (Å²) in [7, 11) is 5.14. The molecule has 0 unspecified atom stereocenters. The molecule has 7 heteroatoms. The van der Waals surface area contributed by atoms with E-state index >= 15 is 0 Å². The Labute approximate surface area is 167 Å². The first-order valence-corrected chi connectivity index (χ1v) is 9.90. The van der Waals surface area contributed by atoms with E-state index in [4.69, 9.17) is 14.5 Å². The predicted molar refractivity (Wildman–Crippen MR) is 112 cm³/mol. The molecule has 144 valence electrons. The van der Waals surface area contributed by atoms with E-state index in [0.717, 1.165) is 27.6 Å². The molecule has 6 nitrogen and oxygen atoms in total. The number of carbonyl (C=O) groups is 1. The molecule has 1 saturated heterocycles. The maximum Gasteiger partial charge on any atom is 0.258 e. The van der Waals surface area contributed by atoms with Crippen molar-refractivity contribution in [1.29, 1.82) is 0 Å². The molecule has 1 aromatic heterocycles. The monoisotopic (exact) mass is 395 g/mol. The largest absolute Gasteiger partial charge is 0.497 e. The summed E-state index contributed by atoms with van der Waals surface area (Å²) in [5.74, 6) is 2.78. The molecular weight excluding hydrogens is 374 g/mol. The maximum atomic E-state index is 13.2. The average Bonchev–Trinajstić information content (AvgIpc) is 3.32. The van der Waals surface area contributed by atoms with Gasteiger partial charge in [0, 0.05) is 37.1 Å². The molecular formula is C21H21N3O3S. The van der Waals surface area contributed by atoms with Crippen LogP contribution in [0.1, 0.15) is 16.2 Å². The van der Waals surface area contributed by atoms with E-state index in [9.17, 15) is 4.79 Å². The van der Waals surface area contributed by atoms with Crippen molar-refractivity contribution < 1.29 is 14.3 Å². The third kappa shape index (κ3) is 3.33. The Morgan fingerprint density at radius 3 is 2.54 bits per heavy atom. The number of thioether (sulfide) groups is 1. The zero-order chi connectivity index (χ0) is 19.7. The van der Waals surface area contributed by atoms with Crippen molar-refractivity contribution >= 4 is 34.8 Å². The van der Waals surface area contributed by atoms with Crippen molar-refractivity contribution in [3.8, 4) is 11.5 Å². The summed E-state index contributed by atoms with van der Waals surface area (Å²) in [6, 6.07) is 13.2. The molecule has 1 aliphatic rings. The zero-order valence-corrected chi connectivity index (χ0v) is 16.8. The summed E-state index contributed by atoms with van der Waals surface area (Å²) >= 11 is 1.66. The number of benzene rings is 2. The Morgan fingerprint density at radius 1 is 1.14 bits per heavy atom. The Morgan fingerprint density at radius 2 is 1.86 bits per heavy atom. The molecule has 28 heavy (non-hydrogen) atoms. The fraction of sp³-hybridized carbons (Fsp3) is 0.238. The standard InChI is InChI=1S/C21H21N3O3S/c1-23-18-7-5-4-6-17(18)22-19(23)13-20-24(8-9-28-20)21(25)14-10-15(26-2)12-16(11-14)27-3/h4-7,10-13H,8-9H2,1-3H3/b20-13+. The lowest BCUT2D eigenvalue weighted by molar-refractivity contribution is 0.0830. The number of hydrogen-bond acceptors (Lipinski definition) is 5. The number of aromatic nitrogens is 2. The maximum absolute atomic E-state index is 13.2. The number of nitrogens with zero attached hydrogens (tertiary/aromatic N) is 3. The Kier molecular flexibility index (Phi) is 5.00. The Hall–Kier alpha value is -2.93. The first kappa shape index (κ1) is 18.4. The van der Waals surface area contributed by atoms with Gasteiger partial charge in [-0.05, 0) is 24.3 Å². The quantitative estimate of drug-likeness (QED) is 0.673. The summed E-state index contributed by atoms with van der Waals surface area (Å²) in [6.07, 6.45) is 1.98. The summed E-state index contributed by atoms with van der Waals surface area (Å²) in [5.41, 5.74) is 2.54. The van der Waals surface area contributed by atoms with Gasteiger partial charge in [0.25, 0.3) is 5.91 Å². The summed E-state index contributed by atoms with van der Waals surface area (Å²) in [6.45, 7) is 0.652. The average molecular weight is 395 g/mol. The second kappa shape index (κ2) is 7.59. The van der Waals surface area contributed by atoms with Crippen molar-refractivity contribution in [2.45, 2.75) is 0 Å². The van der Waals surface area contributed by atoms with Crippen molar-refractivity contribution in [2.75, 3.05) is 26.5 Å². The summed E-state index contributed by atoms with van der Waals surface area (Å²) in [4.78, 5) is 19.7. The van der Waals surface area contributed by atoms with Crippen LogP contribution in [0, 0.1) is 0 Å². The van der Waals surface area contributed by atoms with Crippen LogP contribution in [-0.4, -0.2) is 46.9 Å². The number of amides is 1. The molecule has 0 saturated carbocycles. The van der Waals surface area contributed by atoms with Gasteiger partial charge in [-0.25, -0.2) is 4.98 Å². The van der Waals surface area contributed by atoms with E-state index in [1.54, 1.807) is 49.1 Å². The van der Waals surface area contributed by atoms with Gasteiger partial charge in [0.05, 0.1) is 30.3 Å². The van der Waals surface area contributed by atoms with E-state index in [-0.39, 0.29) is 5.91 Å². The molecule has 0 bridgehead atoms. The van der Waals surface area contributed by atoms with Gasteiger partial charge in [0.15, 0.2) is 0 Å². The number of methoxy groups -OCH3 is 2. The van der Waals surface area contributed by atoms with Crippen LogP contribution < -0.4 is 9.47 Å². The van der Waals surface area contributed by atoms with Crippen LogP contribution in [0.15, 0.2) is 47.5 Å². The van der Waals surface area contributed by atoms with E-state index in [2.05, 4.69) is 0 Å². The van der Waals surface area contributed by atoms with Crippen molar-refractivity contribution in [2.24, 2.45) is 7.05 Å². The summed E-state index contributed by atoms with van der Waals surface area (Å²) < 4.78 is 12.6. The first-order chi connectivity index (χ1) is 13.6. The highest BCUT2D eigenvalue weighted by Crippen LogP contribution is 2.33. The number of aryl methyl sites for hydroxylation is 1. The second-order valence-electron chi connectivity index (χ2n) is 6.41. The van der Waals surface area contributed by atoms with Crippen LogP contribution in [0.2, 0.25) is 0 Å². The molecule has 3 aromatic rings. The number of hydrogen-bond donors (Lipinski definition) is 0. The highest BCUT2D eigenvalue weighted by atomic mass is 32.2. The minimum Gasteiger partial charge on any atom is -0.497 e. The van der Waals surface area contributed by atoms with Crippen molar-refractivity contribution in [3.05, 3.63) is 58.9 Å². The van der Waals surface area contributed by atoms with Crippen LogP contribution in [0.3, 0.4) is 0 Å². The van der Waals surface area contributed by atoms with Crippen LogP contribution >= 0.6 is 11.8 Å².